The molecule has 1 unspecified atom stereocenters. The highest BCUT2D eigenvalue weighted by Gasteiger charge is 2.19. The van der Waals surface area contributed by atoms with Crippen LogP contribution in [-0.2, 0) is 6.54 Å². The van der Waals surface area contributed by atoms with Gasteiger partial charge in [-0.1, -0.05) is 12.1 Å². The summed E-state index contributed by atoms with van der Waals surface area (Å²) < 4.78 is 5.77. The van der Waals surface area contributed by atoms with Crippen molar-refractivity contribution in [1.82, 2.24) is 9.80 Å². The lowest BCUT2D eigenvalue weighted by atomic mass is 10.2. The molecule has 1 heterocycles. The van der Waals surface area contributed by atoms with Crippen molar-refractivity contribution in [1.29, 1.82) is 0 Å². The quantitative estimate of drug-likeness (QED) is 0.865. The zero-order valence-electron chi connectivity index (χ0n) is 12.0. The molecule has 4 heteroatoms. The third kappa shape index (κ3) is 4.20. The standard InChI is InChI=1S/C15H25N3O/c1-13-12-18(8-7-17(13)2)9-10-19-15-5-3-14(11-16)4-6-15/h3-6,13H,7-12,16H2,1-2H3. The average Bonchev–Trinajstić information content (AvgIpc) is 2.43. The summed E-state index contributed by atoms with van der Waals surface area (Å²) in [5.74, 6) is 0.930. The Balaban J connectivity index is 1.71. The number of hydrogen-bond donors (Lipinski definition) is 1. The summed E-state index contributed by atoms with van der Waals surface area (Å²) in [5, 5.41) is 0. The van der Waals surface area contributed by atoms with E-state index in [1.165, 1.54) is 0 Å². The molecule has 1 aliphatic rings. The molecular weight excluding hydrogens is 238 g/mol. The van der Waals surface area contributed by atoms with Crippen molar-refractivity contribution in [3.05, 3.63) is 29.8 Å². The Morgan fingerprint density at radius 3 is 2.63 bits per heavy atom. The third-order valence-corrected chi connectivity index (χ3v) is 3.88. The van der Waals surface area contributed by atoms with Crippen molar-refractivity contribution >= 4 is 0 Å². The van der Waals surface area contributed by atoms with Gasteiger partial charge in [0.05, 0.1) is 0 Å². The lowest BCUT2D eigenvalue weighted by Crippen LogP contribution is -2.50. The first-order valence-corrected chi connectivity index (χ1v) is 7.03. The fourth-order valence-corrected chi connectivity index (χ4v) is 2.34. The minimum atomic E-state index is 0.583. The molecule has 19 heavy (non-hydrogen) atoms. The molecule has 4 nitrogen and oxygen atoms in total. The van der Waals surface area contributed by atoms with Crippen molar-refractivity contribution < 1.29 is 4.74 Å². The van der Waals surface area contributed by atoms with Crippen LogP contribution in [-0.4, -0.2) is 55.7 Å². The summed E-state index contributed by atoms with van der Waals surface area (Å²) in [4.78, 5) is 4.88. The molecule has 1 aromatic rings. The van der Waals surface area contributed by atoms with Gasteiger partial charge in [0.1, 0.15) is 12.4 Å². The van der Waals surface area contributed by atoms with Gasteiger partial charge in [-0.2, -0.15) is 0 Å². The van der Waals surface area contributed by atoms with E-state index in [4.69, 9.17) is 10.5 Å². The third-order valence-electron chi connectivity index (χ3n) is 3.88. The number of nitrogens with zero attached hydrogens (tertiary/aromatic N) is 2. The van der Waals surface area contributed by atoms with Gasteiger partial charge in [0.25, 0.3) is 0 Å². The summed E-state index contributed by atoms with van der Waals surface area (Å²) in [7, 11) is 2.19. The van der Waals surface area contributed by atoms with Crippen LogP contribution in [0, 0.1) is 0 Å². The summed E-state index contributed by atoms with van der Waals surface area (Å²) >= 11 is 0. The Morgan fingerprint density at radius 1 is 1.26 bits per heavy atom. The molecule has 0 saturated carbocycles. The molecule has 0 radical (unpaired) electrons. The van der Waals surface area contributed by atoms with Crippen LogP contribution in [0.15, 0.2) is 24.3 Å². The van der Waals surface area contributed by atoms with E-state index >= 15 is 0 Å². The zero-order valence-corrected chi connectivity index (χ0v) is 12.0. The van der Waals surface area contributed by atoms with Gasteiger partial charge < -0.3 is 15.4 Å². The van der Waals surface area contributed by atoms with E-state index in [0.717, 1.165) is 44.1 Å². The second kappa shape index (κ2) is 6.89. The first-order valence-electron chi connectivity index (χ1n) is 7.03. The molecule has 0 amide bonds. The predicted molar refractivity (Wildman–Crippen MR) is 78.4 cm³/mol. The molecule has 1 aliphatic heterocycles. The number of likely N-dealkylation sites (N-methyl/N-ethyl adjacent to an activating group) is 1. The molecule has 0 bridgehead atoms. The van der Waals surface area contributed by atoms with E-state index in [1.807, 2.05) is 24.3 Å². The molecule has 1 saturated heterocycles. The molecule has 2 rings (SSSR count). The molecule has 0 aliphatic carbocycles. The van der Waals surface area contributed by atoms with E-state index < -0.39 is 0 Å². The molecule has 1 fully saturated rings. The van der Waals surface area contributed by atoms with Gasteiger partial charge >= 0.3 is 0 Å². The number of benzene rings is 1. The fourth-order valence-electron chi connectivity index (χ4n) is 2.34. The van der Waals surface area contributed by atoms with Crippen LogP contribution >= 0.6 is 0 Å². The van der Waals surface area contributed by atoms with Crippen molar-refractivity contribution in [3.8, 4) is 5.75 Å². The van der Waals surface area contributed by atoms with E-state index in [1.54, 1.807) is 0 Å². The number of nitrogens with two attached hydrogens (primary N) is 1. The molecule has 1 aromatic carbocycles. The van der Waals surface area contributed by atoms with Crippen LogP contribution in [0.2, 0.25) is 0 Å². The van der Waals surface area contributed by atoms with Gasteiger partial charge in [-0.25, -0.2) is 0 Å². The lowest BCUT2D eigenvalue weighted by Gasteiger charge is -2.37. The molecular formula is C15H25N3O. The summed E-state index contributed by atoms with van der Waals surface area (Å²) in [6.07, 6.45) is 0. The number of rotatable bonds is 5. The Labute approximate surface area is 116 Å². The van der Waals surface area contributed by atoms with Crippen LogP contribution in [0.1, 0.15) is 12.5 Å². The highest BCUT2D eigenvalue weighted by molar-refractivity contribution is 5.27. The van der Waals surface area contributed by atoms with Gasteiger partial charge in [0, 0.05) is 38.8 Å². The van der Waals surface area contributed by atoms with Crippen LogP contribution in [0.25, 0.3) is 0 Å². The maximum Gasteiger partial charge on any atom is 0.119 e. The maximum absolute atomic E-state index is 5.77. The second-order valence-corrected chi connectivity index (χ2v) is 5.33. The van der Waals surface area contributed by atoms with Gasteiger partial charge in [-0.05, 0) is 31.7 Å². The van der Waals surface area contributed by atoms with Crippen molar-refractivity contribution in [2.45, 2.75) is 19.5 Å². The number of hydrogen-bond acceptors (Lipinski definition) is 4. The van der Waals surface area contributed by atoms with Crippen LogP contribution in [0.5, 0.6) is 5.75 Å². The smallest absolute Gasteiger partial charge is 0.119 e. The highest BCUT2D eigenvalue weighted by Crippen LogP contribution is 2.12. The predicted octanol–water partition coefficient (Wildman–Crippen LogP) is 1.16. The minimum absolute atomic E-state index is 0.583. The van der Waals surface area contributed by atoms with Gasteiger partial charge in [-0.15, -0.1) is 0 Å². The SMILES string of the molecule is CC1CN(CCOc2ccc(CN)cc2)CCN1C. The maximum atomic E-state index is 5.77. The first kappa shape index (κ1) is 14.3. The molecule has 0 spiro atoms. The van der Waals surface area contributed by atoms with E-state index in [2.05, 4.69) is 23.8 Å². The Kier molecular flexibility index (Phi) is 5.19. The largest absolute Gasteiger partial charge is 0.492 e. The molecule has 2 N–H and O–H groups in total. The van der Waals surface area contributed by atoms with E-state index in [9.17, 15) is 0 Å². The van der Waals surface area contributed by atoms with Crippen molar-refractivity contribution in [2.24, 2.45) is 5.73 Å². The zero-order chi connectivity index (χ0) is 13.7. The monoisotopic (exact) mass is 263 g/mol. The van der Waals surface area contributed by atoms with E-state index in [-0.39, 0.29) is 0 Å². The van der Waals surface area contributed by atoms with Crippen molar-refractivity contribution in [3.63, 3.8) is 0 Å². The summed E-state index contributed by atoms with van der Waals surface area (Å²) in [6, 6.07) is 8.67. The average molecular weight is 263 g/mol. The van der Waals surface area contributed by atoms with Gasteiger partial charge in [0.2, 0.25) is 0 Å². The summed E-state index contributed by atoms with van der Waals surface area (Å²) in [5.41, 5.74) is 6.71. The van der Waals surface area contributed by atoms with Crippen LogP contribution in [0.4, 0.5) is 0 Å². The highest BCUT2D eigenvalue weighted by atomic mass is 16.5. The first-order chi connectivity index (χ1) is 9.19. The Morgan fingerprint density at radius 2 is 2.00 bits per heavy atom. The normalized spacial score (nSPS) is 21.5. The minimum Gasteiger partial charge on any atom is -0.492 e. The summed E-state index contributed by atoms with van der Waals surface area (Å²) in [6.45, 7) is 8.02. The second-order valence-electron chi connectivity index (χ2n) is 5.33. The topological polar surface area (TPSA) is 41.7 Å². The van der Waals surface area contributed by atoms with Crippen molar-refractivity contribution in [2.75, 3.05) is 39.8 Å². The molecule has 0 aromatic heterocycles. The molecule has 1 atom stereocenters. The number of piperazine rings is 1. The molecule has 106 valence electrons. The Bertz CT molecular complexity index is 379. The van der Waals surface area contributed by atoms with Gasteiger partial charge in [0.15, 0.2) is 0 Å². The van der Waals surface area contributed by atoms with Gasteiger partial charge in [-0.3, -0.25) is 4.90 Å². The lowest BCUT2D eigenvalue weighted by molar-refractivity contribution is 0.0928. The Hall–Kier alpha value is -1.10. The van der Waals surface area contributed by atoms with Crippen LogP contribution < -0.4 is 10.5 Å². The fraction of sp³-hybridized carbons (Fsp3) is 0.600. The number of ether oxygens (including phenoxy) is 1. The van der Waals surface area contributed by atoms with Crippen LogP contribution in [0.3, 0.4) is 0 Å². The van der Waals surface area contributed by atoms with E-state index in [0.29, 0.717) is 12.6 Å².